The van der Waals surface area contributed by atoms with Crippen LogP contribution in [0.1, 0.15) is 0 Å². The second kappa shape index (κ2) is 6.53. The maximum Gasteiger partial charge on any atom is 0.328 e. The van der Waals surface area contributed by atoms with Crippen molar-refractivity contribution in [3.8, 4) is 5.75 Å². The standard InChI is InChI=1S/C16H15Cl2N3O4S/c1-20-10-5-4-9(8-11(10)21(2)16(20)22)19-26(23,24)13-7-6-12(25-3)14(17)15(13)18/h4-8,19H,1-3H3. The van der Waals surface area contributed by atoms with Crippen LogP contribution >= 0.6 is 23.2 Å². The first-order chi connectivity index (χ1) is 12.2. The average Bonchev–Trinajstić information content (AvgIpc) is 2.81. The van der Waals surface area contributed by atoms with Crippen LogP contribution < -0.4 is 15.1 Å². The van der Waals surface area contributed by atoms with Gasteiger partial charge in [0.1, 0.15) is 15.7 Å². The Balaban J connectivity index is 2.05. The number of rotatable bonds is 4. The van der Waals surface area contributed by atoms with E-state index in [-0.39, 0.29) is 26.4 Å². The van der Waals surface area contributed by atoms with E-state index in [0.29, 0.717) is 16.7 Å². The van der Waals surface area contributed by atoms with E-state index < -0.39 is 10.0 Å². The van der Waals surface area contributed by atoms with Gasteiger partial charge >= 0.3 is 5.69 Å². The lowest BCUT2D eigenvalue weighted by molar-refractivity contribution is 0.414. The van der Waals surface area contributed by atoms with Crippen LogP contribution in [0.25, 0.3) is 11.0 Å². The molecule has 10 heteroatoms. The van der Waals surface area contributed by atoms with Gasteiger partial charge in [-0.25, -0.2) is 13.2 Å². The monoisotopic (exact) mass is 415 g/mol. The zero-order valence-electron chi connectivity index (χ0n) is 14.1. The zero-order chi connectivity index (χ0) is 19.2. The number of hydrogen-bond donors (Lipinski definition) is 1. The summed E-state index contributed by atoms with van der Waals surface area (Å²) < 4.78 is 35.8. The van der Waals surface area contributed by atoms with E-state index in [1.54, 1.807) is 32.3 Å². The van der Waals surface area contributed by atoms with Gasteiger partial charge in [0.2, 0.25) is 0 Å². The molecule has 0 spiro atoms. The summed E-state index contributed by atoms with van der Waals surface area (Å²) in [6.45, 7) is 0. The molecule has 0 atom stereocenters. The highest BCUT2D eigenvalue weighted by Crippen LogP contribution is 2.37. The lowest BCUT2D eigenvalue weighted by Gasteiger charge is -2.12. The zero-order valence-corrected chi connectivity index (χ0v) is 16.4. The number of hydrogen-bond acceptors (Lipinski definition) is 4. The van der Waals surface area contributed by atoms with E-state index in [1.807, 2.05) is 0 Å². The number of nitrogens with one attached hydrogen (secondary N) is 1. The van der Waals surface area contributed by atoms with Gasteiger partial charge in [0.05, 0.1) is 28.9 Å². The number of aryl methyl sites for hydroxylation is 2. The third-order valence-corrected chi connectivity index (χ3v) is 6.45. The number of aromatic nitrogens is 2. The number of sulfonamides is 1. The van der Waals surface area contributed by atoms with E-state index in [4.69, 9.17) is 27.9 Å². The molecule has 0 saturated heterocycles. The second-order valence-corrected chi connectivity index (χ2v) is 8.01. The van der Waals surface area contributed by atoms with Gasteiger partial charge in [0.25, 0.3) is 10.0 Å². The SMILES string of the molecule is COc1ccc(S(=O)(=O)Nc2ccc3c(c2)n(C)c(=O)n3C)c(Cl)c1Cl. The van der Waals surface area contributed by atoms with Crippen LogP contribution in [0.4, 0.5) is 5.69 Å². The molecule has 2 aromatic carbocycles. The first-order valence-electron chi connectivity index (χ1n) is 7.37. The molecule has 1 aromatic heterocycles. The summed E-state index contributed by atoms with van der Waals surface area (Å²) in [6.07, 6.45) is 0. The molecule has 0 aliphatic heterocycles. The molecule has 138 valence electrons. The van der Waals surface area contributed by atoms with E-state index in [9.17, 15) is 13.2 Å². The molecule has 0 radical (unpaired) electrons. The number of methoxy groups -OCH3 is 1. The third kappa shape index (κ3) is 2.94. The van der Waals surface area contributed by atoms with Crippen LogP contribution in [-0.4, -0.2) is 24.7 Å². The van der Waals surface area contributed by atoms with Gasteiger partial charge in [0.15, 0.2) is 0 Å². The van der Waals surface area contributed by atoms with Crippen molar-refractivity contribution in [2.75, 3.05) is 11.8 Å². The van der Waals surface area contributed by atoms with Crippen molar-refractivity contribution < 1.29 is 13.2 Å². The molecule has 0 bridgehead atoms. The summed E-state index contributed by atoms with van der Waals surface area (Å²) in [6, 6.07) is 7.54. The molecule has 0 saturated carbocycles. The van der Waals surface area contributed by atoms with Crippen LogP contribution in [0, 0.1) is 0 Å². The molecule has 0 amide bonds. The number of fused-ring (bicyclic) bond motifs is 1. The van der Waals surface area contributed by atoms with Gasteiger partial charge in [-0.15, -0.1) is 0 Å². The molecular formula is C16H15Cl2N3O4S. The molecule has 3 rings (SSSR count). The Bertz CT molecular complexity index is 1180. The van der Waals surface area contributed by atoms with Crippen molar-refractivity contribution >= 4 is 49.9 Å². The quantitative estimate of drug-likeness (QED) is 0.709. The van der Waals surface area contributed by atoms with Gasteiger partial charge in [-0.1, -0.05) is 23.2 Å². The van der Waals surface area contributed by atoms with Crippen LogP contribution in [0.5, 0.6) is 5.75 Å². The van der Waals surface area contributed by atoms with Crippen LogP contribution in [-0.2, 0) is 24.1 Å². The number of nitrogens with zero attached hydrogens (tertiary/aromatic N) is 2. The molecule has 26 heavy (non-hydrogen) atoms. The fraction of sp³-hybridized carbons (Fsp3) is 0.188. The fourth-order valence-electron chi connectivity index (χ4n) is 2.66. The summed E-state index contributed by atoms with van der Waals surface area (Å²) in [5, 5.41) is -0.121. The molecule has 0 fully saturated rings. The van der Waals surface area contributed by atoms with Gasteiger partial charge in [-0.05, 0) is 30.3 Å². The van der Waals surface area contributed by atoms with Crippen LogP contribution in [0.2, 0.25) is 10.0 Å². The Morgan fingerprint density at radius 3 is 2.31 bits per heavy atom. The largest absolute Gasteiger partial charge is 0.495 e. The predicted octanol–water partition coefficient (Wildman–Crippen LogP) is 2.99. The number of anilines is 1. The second-order valence-electron chi connectivity index (χ2n) is 5.60. The predicted molar refractivity (Wildman–Crippen MR) is 102 cm³/mol. The summed E-state index contributed by atoms with van der Waals surface area (Å²) >= 11 is 12.1. The van der Waals surface area contributed by atoms with Crippen molar-refractivity contribution in [1.82, 2.24) is 9.13 Å². The van der Waals surface area contributed by atoms with Crippen LogP contribution in [0.15, 0.2) is 40.0 Å². The highest BCUT2D eigenvalue weighted by molar-refractivity contribution is 7.92. The summed E-state index contributed by atoms with van der Waals surface area (Å²) in [5.41, 5.74) is 1.37. The van der Waals surface area contributed by atoms with Crippen LogP contribution in [0.3, 0.4) is 0 Å². The van der Waals surface area contributed by atoms with Crippen molar-refractivity contribution in [3.63, 3.8) is 0 Å². The Morgan fingerprint density at radius 1 is 1.00 bits per heavy atom. The maximum absolute atomic E-state index is 12.7. The number of halogens is 2. The molecule has 0 aliphatic carbocycles. The Labute approximate surface area is 159 Å². The molecule has 1 N–H and O–H groups in total. The molecule has 1 heterocycles. The van der Waals surface area contributed by atoms with Crippen molar-refractivity contribution in [1.29, 1.82) is 0 Å². The minimum absolute atomic E-state index is 0.0120. The highest BCUT2D eigenvalue weighted by atomic mass is 35.5. The lowest BCUT2D eigenvalue weighted by Crippen LogP contribution is -2.19. The van der Waals surface area contributed by atoms with Crippen molar-refractivity contribution in [2.45, 2.75) is 4.90 Å². The lowest BCUT2D eigenvalue weighted by atomic mass is 10.3. The summed E-state index contributed by atoms with van der Waals surface area (Å²) in [7, 11) is 0.674. The maximum atomic E-state index is 12.7. The summed E-state index contributed by atoms with van der Waals surface area (Å²) in [4.78, 5) is 11.8. The number of imidazole rings is 1. The van der Waals surface area contributed by atoms with E-state index in [2.05, 4.69) is 4.72 Å². The summed E-state index contributed by atoms with van der Waals surface area (Å²) in [5.74, 6) is 0.274. The first-order valence-corrected chi connectivity index (χ1v) is 9.61. The van der Waals surface area contributed by atoms with Crippen molar-refractivity contribution in [3.05, 3.63) is 50.9 Å². The Morgan fingerprint density at radius 2 is 1.65 bits per heavy atom. The van der Waals surface area contributed by atoms with Gasteiger partial charge in [-0.3, -0.25) is 13.9 Å². The van der Waals surface area contributed by atoms with E-state index >= 15 is 0 Å². The van der Waals surface area contributed by atoms with Crippen molar-refractivity contribution in [2.24, 2.45) is 14.1 Å². The van der Waals surface area contributed by atoms with Gasteiger partial charge in [0, 0.05) is 14.1 Å². The third-order valence-electron chi connectivity index (χ3n) is 4.05. The minimum atomic E-state index is -3.99. The molecule has 0 aliphatic rings. The molecule has 3 aromatic rings. The smallest absolute Gasteiger partial charge is 0.328 e. The molecule has 0 unspecified atom stereocenters. The Hall–Kier alpha value is -2.16. The number of ether oxygens (including phenoxy) is 1. The highest BCUT2D eigenvalue weighted by Gasteiger charge is 2.22. The van der Waals surface area contributed by atoms with Gasteiger partial charge in [-0.2, -0.15) is 0 Å². The topological polar surface area (TPSA) is 82.3 Å². The molecule has 7 nitrogen and oxygen atoms in total. The van der Waals surface area contributed by atoms with E-state index in [0.717, 1.165) is 0 Å². The molecular weight excluding hydrogens is 401 g/mol. The van der Waals surface area contributed by atoms with Gasteiger partial charge < -0.3 is 4.74 Å². The Kier molecular flexibility index (Phi) is 4.68. The first kappa shape index (κ1) is 18.6. The normalized spacial score (nSPS) is 11.7. The van der Waals surface area contributed by atoms with E-state index in [1.165, 1.54) is 28.4 Å². The minimum Gasteiger partial charge on any atom is -0.495 e. The fourth-order valence-corrected chi connectivity index (χ4v) is 4.55. The number of benzene rings is 2. The average molecular weight is 416 g/mol.